The summed E-state index contributed by atoms with van der Waals surface area (Å²) in [6.07, 6.45) is 3.13. The van der Waals surface area contributed by atoms with Gasteiger partial charge in [-0.2, -0.15) is 0 Å². The Morgan fingerprint density at radius 3 is 1.71 bits per heavy atom. The molecule has 0 radical (unpaired) electrons. The largest absolute Gasteiger partial charge is 1.00 e. The number of rotatable bonds is 0. The molecule has 0 saturated carbocycles. The Bertz CT molecular complexity index is 41.3. The first-order chi connectivity index (χ1) is 2.89. The van der Waals surface area contributed by atoms with Crippen molar-refractivity contribution in [3.8, 4) is 0 Å². The average Bonchev–Trinajstić information content (AvgIpc) is 1.86. The molecule has 7 heavy (non-hydrogen) atoms. The Kier molecular flexibility index (Phi) is 5.36. The van der Waals surface area contributed by atoms with Crippen LogP contribution < -0.4 is 24.0 Å². The smallest absolute Gasteiger partial charge is 1.00 e. The molecule has 44 valence electrons. The predicted molar refractivity (Wildman–Crippen MR) is 30.5 cm³/mol. The summed E-state index contributed by atoms with van der Waals surface area (Å²) < 4.78 is 3.31. The van der Waals surface area contributed by atoms with Crippen molar-refractivity contribution in [1.29, 1.82) is 0 Å². The van der Waals surface area contributed by atoms with Crippen LogP contribution in [0.5, 0.6) is 0 Å². The third-order valence-corrected chi connectivity index (χ3v) is 6.86. The Labute approximate surface area is 69.7 Å². The van der Waals surface area contributed by atoms with Gasteiger partial charge in [0.15, 0.2) is 0 Å². The third-order valence-electron chi connectivity index (χ3n) is 1.24. The van der Waals surface area contributed by atoms with E-state index in [1.807, 2.05) is 0 Å². The molecule has 0 aromatic rings. The van der Waals surface area contributed by atoms with Crippen LogP contribution in [0.2, 0.25) is 13.9 Å². The van der Waals surface area contributed by atoms with Crippen molar-refractivity contribution < 1.29 is 24.0 Å². The number of hydrogen-bond acceptors (Lipinski definition) is 0. The van der Waals surface area contributed by atoms with Gasteiger partial charge in [-0.15, -0.1) is 0 Å². The zero-order chi connectivity index (χ0) is 4.41. The molecule has 1 saturated heterocycles. The Balaban J connectivity index is 0.000000360. The van der Waals surface area contributed by atoms with E-state index in [9.17, 15) is 0 Å². The molecule has 1 heterocycles. The van der Waals surface area contributed by atoms with Crippen molar-refractivity contribution in [1.82, 2.24) is 0 Å². The molecule has 1 aliphatic rings. The molecule has 0 nitrogen and oxygen atoms in total. The number of hydrogen-bond donors (Lipinski definition) is 0. The van der Waals surface area contributed by atoms with Crippen LogP contribution in [0.25, 0.3) is 0 Å². The monoisotopic (exact) mass is 328 g/mol. The summed E-state index contributed by atoms with van der Waals surface area (Å²) in [6.45, 7) is 0. The van der Waals surface area contributed by atoms with Crippen LogP contribution in [-0.2, 0) is 0 Å². The first kappa shape index (κ1) is 8.52. The van der Waals surface area contributed by atoms with Crippen LogP contribution in [0, 0.1) is 0 Å². The molecule has 1 fully saturated rings. The van der Waals surface area contributed by atoms with E-state index in [2.05, 4.69) is 4.97 Å². The van der Waals surface area contributed by atoms with Gasteiger partial charge in [-0.25, -0.2) is 0 Å². The van der Waals surface area contributed by atoms with Crippen LogP contribution in [0.1, 0.15) is 12.8 Å². The molecule has 1 aliphatic heterocycles. The summed E-state index contributed by atoms with van der Waals surface area (Å²) >= 11 is -0.295. The Hall–Kier alpha value is 1.52. The fourth-order valence-electron chi connectivity index (χ4n) is 0.799. The quantitative estimate of drug-likeness (QED) is 0.392. The molecule has 0 aliphatic carbocycles. The number of halogens is 1. The van der Waals surface area contributed by atoms with E-state index in [4.69, 9.17) is 0 Å². The SMILES string of the molecule is C[Te+]1CCCC1.[I-]. The average molecular weight is 326 g/mol. The molecule has 0 atom stereocenters. The molecule has 1 rings (SSSR count). The molecule has 0 spiro atoms. The molecule has 0 N–H and O–H groups in total. The molecular formula is C5H11ITe. The molecule has 0 amide bonds. The third kappa shape index (κ3) is 3.16. The first-order valence-electron chi connectivity index (χ1n) is 2.49. The van der Waals surface area contributed by atoms with E-state index in [1.165, 1.54) is 0 Å². The van der Waals surface area contributed by atoms with Gasteiger partial charge in [-0.05, 0) is 0 Å². The van der Waals surface area contributed by atoms with Crippen molar-refractivity contribution in [2.24, 2.45) is 0 Å². The Morgan fingerprint density at radius 2 is 1.57 bits per heavy atom. The maximum Gasteiger partial charge on any atom is -1.00 e. The van der Waals surface area contributed by atoms with Crippen LogP contribution in [0.3, 0.4) is 0 Å². The summed E-state index contributed by atoms with van der Waals surface area (Å²) in [7, 11) is 0. The van der Waals surface area contributed by atoms with Crippen molar-refractivity contribution in [3.05, 3.63) is 0 Å². The van der Waals surface area contributed by atoms with E-state index < -0.39 is 0 Å². The van der Waals surface area contributed by atoms with Crippen LogP contribution in [0.15, 0.2) is 0 Å². The van der Waals surface area contributed by atoms with Gasteiger partial charge in [0, 0.05) is 0 Å². The van der Waals surface area contributed by atoms with Crippen LogP contribution in [-0.4, -0.2) is 19.6 Å². The van der Waals surface area contributed by atoms with E-state index in [1.54, 1.807) is 21.8 Å². The molecular weight excluding hydrogens is 315 g/mol. The second-order valence-electron chi connectivity index (χ2n) is 1.90. The van der Waals surface area contributed by atoms with E-state index in [0.717, 1.165) is 0 Å². The first-order valence-corrected chi connectivity index (χ1v) is 8.11. The molecule has 2 heteroatoms. The predicted octanol–water partition coefficient (Wildman–Crippen LogP) is -1.09. The van der Waals surface area contributed by atoms with E-state index in [0.29, 0.717) is 0 Å². The van der Waals surface area contributed by atoms with Gasteiger partial charge >= 0.3 is 46.3 Å². The molecule has 0 aromatic carbocycles. The van der Waals surface area contributed by atoms with Gasteiger partial charge in [-0.3, -0.25) is 0 Å². The molecule has 0 aromatic heterocycles. The van der Waals surface area contributed by atoms with Crippen molar-refractivity contribution in [2.75, 3.05) is 0 Å². The molecule has 0 bridgehead atoms. The van der Waals surface area contributed by atoms with Gasteiger partial charge in [0.1, 0.15) is 0 Å². The zero-order valence-electron chi connectivity index (χ0n) is 4.61. The van der Waals surface area contributed by atoms with Gasteiger partial charge in [0.2, 0.25) is 0 Å². The van der Waals surface area contributed by atoms with Gasteiger partial charge in [0.25, 0.3) is 0 Å². The van der Waals surface area contributed by atoms with E-state index in [-0.39, 0.29) is 43.5 Å². The normalized spacial score (nSPS) is 21.9. The summed E-state index contributed by atoms with van der Waals surface area (Å²) in [6, 6.07) is 0. The maximum atomic E-state index is 2.51. The zero-order valence-corrected chi connectivity index (χ0v) is 9.10. The van der Waals surface area contributed by atoms with Gasteiger partial charge in [-0.1, -0.05) is 0 Å². The van der Waals surface area contributed by atoms with Crippen LogP contribution in [0.4, 0.5) is 0 Å². The van der Waals surface area contributed by atoms with Gasteiger partial charge in [0.05, 0.1) is 0 Å². The van der Waals surface area contributed by atoms with Gasteiger partial charge < -0.3 is 24.0 Å². The van der Waals surface area contributed by atoms with Crippen molar-refractivity contribution in [2.45, 2.75) is 26.8 Å². The van der Waals surface area contributed by atoms with Crippen LogP contribution >= 0.6 is 0 Å². The topological polar surface area (TPSA) is 0 Å². The standard InChI is InChI=1S/C5H11Te.HI/c1-6-4-2-3-5-6;/h2-5H2,1H3;1H/q+1;/p-1. The second-order valence-corrected chi connectivity index (χ2v) is 8.69. The fourth-order valence-corrected chi connectivity index (χ4v) is 5.36. The summed E-state index contributed by atoms with van der Waals surface area (Å²) in [5, 5.41) is 0. The maximum absolute atomic E-state index is 2.51. The van der Waals surface area contributed by atoms with E-state index >= 15 is 0 Å². The minimum atomic E-state index is -0.295. The minimum Gasteiger partial charge on any atom is -1.00 e. The summed E-state index contributed by atoms with van der Waals surface area (Å²) in [5.41, 5.74) is 0. The minimum absolute atomic E-state index is 0. The summed E-state index contributed by atoms with van der Waals surface area (Å²) in [5.74, 6) is 0. The summed E-state index contributed by atoms with van der Waals surface area (Å²) in [4.78, 5) is 2.51. The van der Waals surface area contributed by atoms with Crippen molar-refractivity contribution >= 4 is 19.6 Å². The molecule has 0 unspecified atom stereocenters. The Morgan fingerprint density at radius 1 is 1.14 bits per heavy atom. The van der Waals surface area contributed by atoms with Crippen molar-refractivity contribution in [3.63, 3.8) is 0 Å². The fraction of sp³-hybridized carbons (Fsp3) is 1.00. The second kappa shape index (κ2) is 4.40.